The fourth-order valence-electron chi connectivity index (χ4n) is 3.08. The first-order chi connectivity index (χ1) is 10.6. The molecule has 1 aromatic rings. The van der Waals surface area contributed by atoms with Crippen LogP contribution in [0.25, 0.3) is 4.85 Å². The van der Waals surface area contributed by atoms with Crippen molar-refractivity contribution in [3.8, 4) is 6.07 Å². The highest BCUT2D eigenvalue weighted by Gasteiger charge is 2.36. The molecule has 1 aliphatic rings. The van der Waals surface area contributed by atoms with Crippen LogP contribution in [0.15, 0.2) is 12.1 Å². The third kappa shape index (κ3) is 3.67. The van der Waals surface area contributed by atoms with Gasteiger partial charge in [-0.25, -0.2) is 4.85 Å². The molecule has 118 valence electrons. The van der Waals surface area contributed by atoms with Gasteiger partial charge in [-0.2, -0.15) is 16.6 Å². The van der Waals surface area contributed by atoms with E-state index in [0.717, 1.165) is 50.4 Å². The molecule has 1 unspecified atom stereocenters. The molecule has 0 amide bonds. The Bertz CT molecular complexity index is 560. The van der Waals surface area contributed by atoms with Crippen LogP contribution in [0, 0.1) is 23.8 Å². The van der Waals surface area contributed by atoms with Gasteiger partial charge in [-0.1, -0.05) is 19.9 Å². The zero-order valence-corrected chi connectivity index (χ0v) is 14.2. The van der Waals surface area contributed by atoms with Crippen LogP contribution >= 0.6 is 11.3 Å². The molecule has 1 N–H and O–H groups in total. The second-order valence-corrected chi connectivity index (χ2v) is 7.24. The van der Waals surface area contributed by atoms with Crippen LogP contribution in [0.3, 0.4) is 0 Å². The van der Waals surface area contributed by atoms with Gasteiger partial charge in [-0.3, -0.25) is 0 Å². The Morgan fingerprint density at radius 2 is 2.18 bits per heavy atom. The van der Waals surface area contributed by atoms with Gasteiger partial charge in [-0.05, 0) is 31.4 Å². The van der Waals surface area contributed by atoms with Gasteiger partial charge in [0.1, 0.15) is 0 Å². The first kappa shape index (κ1) is 17.0. The second-order valence-electron chi connectivity index (χ2n) is 6.18. The molecule has 1 saturated heterocycles. The van der Waals surface area contributed by atoms with Crippen molar-refractivity contribution in [3.05, 3.63) is 28.4 Å². The Kier molecular flexibility index (Phi) is 5.97. The first-order valence-corrected chi connectivity index (χ1v) is 8.76. The average molecular weight is 316 g/mol. The zero-order valence-electron chi connectivity index (χ0n) is 13.4. The van der Waals surface area contributed by atoms with Crippen molar-refractivity contribution in [3.63, 3.8) is 0 Å². The lowest BCUT2D eigenvalue weighted by atomic mass is 9.73. The SMILES string of the molecule is [C-]#[N+]c1ccc(C(C#N)(CCCN2CCNCC2)C(C)C)s1. The maximum atomic E-state index is 9.87. The highest BCUT2D eigenvalue weighted by atomic mass is 32.1. The fourth-order valence-corrected chi connectivity index (χ4v) is 4.19. The lowest BCUT2D eigenvalue weighted by molar-refractivity contribution is 0.226. The summed E-state index contributed by atoms with van der Waals surface area (Å²) in [4.78, 5) is 7.02. The molecule has 1 fully saturated rings. The molecule has 0 bridgehead atoms. The highest BCUT2D eigenvalue weighted by Crippen LogP contribution is 2.42. The van der Waals surface area contributed by atoms with Crippen molar-refractivity contribution < 1.29 is 0 Å². The minimum Gasteiger partial charge on any atom is -0.314 e. The van der Waals surface area contributed by atoms with Crippen LogP contribution in [-0.2, 0) is 5.41 Å². The molecular formula is C17H24N4S. The topological polar surface area (TPSA) is 43.4 Å². The normalized spacial score (nSPS) is 18.6. The van der Waals surface area contributed by atoms with Crippen molar-refractivity contribution in [2.75, 3.05) is 32.7 Å². The number of thiophene rings is 1. The third-order valence-electron chi connectivity index (χ3n) is 4.58. The molecule has 0 aromatic carbocycles. The predicted molar refractivity (Wildman–Crippen MR) is 91.3 cm³/mol. The highest BCUT2D eigenvalue weighted by molar-refractivity contribution is 7.16. The van der Waals surface area contributed by atoms with Crippen molar-refractivity contribution in [1.82, 2.24) is 10.2 Å². The van der Waals surface area contributed by atoms with Crippen LogP contribution in [0.5, 0.6) is 0 Å². The maximum Gasteiger partial charge on any atom is 0.241 e. The molecule has 0 radical (unpaired) electrons. The molecule has 1 atom stereocenters. The van der Waals surface area contributed by atoms with Gasteiger partial charge in [0.2, 0.25) is 5.00 Å². The van der Waals surface area contributed by atoms with E-state index < -0.39 is 5.41 Å². The van der Waals surface area contributed by atoms with E-state index in [0.29, 0.717) is 5.00 Å². The lowest BCUT2D eigenvalue weighted by Gasteiger charge is -2.32. The number of piperazine rings is 1. The second kappa shape index (κ2) is 7.74. The van der Waals surface area contributed by atoms with E-state index in [4.69, 9.17) is 6.57 Å². The van der Waals surface area contributed by atoms with E-state index in [9.17, 15) is 5.26 Å². The standard InChI is InChI=1S/C17H24N4S/c1-14(2)17(13-18,15-5-6-16(19-3)22-15)7-4-10-21-11-8-20-9-12-21/h5-6,14,20H,4,7-12H2,1-2H3. The van der Waals surface area contributed by atoms with E-state index in [1.54, 1.807) is 0 Å². The third-order valence-corrected chi connectivity index (χ3v) is 5.74. The molecular weight excluding hydrogens is 292 g/mol. The summed E-state index contributed by atoms with van der Waals surface area (Å²) in [5.41, 5.74) is -0.457. The smallest absolute Gasteiger partial charge is 0.241 e. The summed E-state index contributed by atoms with van der Waals surface area (Å²) in [7, 11) is 0. The molecule has 1 aliphatic heterocycles. The van der Waals surface area contributed by atoms with E-state index in [-0.39, 0.29) is 5.92 Å². The summed E-state index contributed by atoms with van der Waals surface area (Å²) in [6.07, 6.45) is 1.89. The Balaban J connectivity index is 2.05. The van der Waals surface area contributed by atoms with E-state index in [1.807, 2.05) is 12.1 Å². The van der Waals surface area contributed by atoms with E-state index in [1.165, 1.54) is 11.3 Å². The molecule has 4 nitrogen and oxygen atoms in total. The molecule has 2 rings (SSSR count). The first-order valence-electron chi connectivity index (χ1n) is 7.94. The van der Waals surface area contributed by atoms with Crippen LogP contribution in [0.4, 0.5) is 5.00 Å². The van der Waals surface area contributed by atoms with Crippen molar-refractivity contribution in [2.45, 2.75) is 32.1 Å². The van der Waals surface area contributed by atoms with Crippen LogP contribution < -0.4 is 5.32 Å². The summed E-state index contributed by atoms with van der Waals surface area (Å²) >= 11 is 1.48. The number of nitriles is 1. The van der Waals surface area contributed by atoms with Gasteiger partial charge in [-0.15, -0.1) is 0 Å². The Morgan fingerprint density at radius 3 is 2.73 bits per heavy atom. The number of hydrogen-bond donors (Lipinski definition) is 1. The fraction of sp³-hybridized carbons (Fsp3) is 0.647. The maximum absolute atomic E-state index is 9.87. The Labute approximate surface area is 137 Å². The lowest BCUT2D eigenvalue weighted by Crippen LogP contribution is -2.44. The number of rotatable bonds is 6. The average Bonchev–Trinajstić information content (AvgIpc) is 3.02. The minimum absolute atomic E-state index is 0.248. The molecule has 2 heterocycles. The monoisotopic (exact) mass is 316 g/mol. The van der Waals surface area contributed by atoms with Crippen LogP contribution in [0.2, 0.25) is 0 Å². The van der Waals surface area contributed by atoms with Crippen LogP contribution in [0.1, 0.15) is 31.6 Å². The van der Waals surface area contributed by atoms with Gasteiger partial charge in [0.05, 0.1) is 18.1 Å². The summed E-state index contributed by atoms with van der Waals surface area (Å²) < 4.78 is 0. The quantitative estimate of drug-likeness (QED) is 0.818. The predicted octanol–water partition coefficient (Wildman–Crippen LogP) is 3.40. The number of nitrogens with zero attached hydrogens (tertiary/aromatic N) is 3. The largest absolute Gasteiger partial charge is 0.314 e. The zero-order chi connectivity index (χ0) is 16.0. The number of nitrogens with one attached hydrogen (secondary N) is 1. The minimum atomic E-state index is -0.457. The van der Waals surface area contributed by atoms with Gasteiger partial charge in [0.25, 0.3) is 0 Å². The molecule has 5 heteroatoms. The Morgan fingerprint density at radius 1 is 1.45 bits per heavy atom. The van der Waals surface area contributed by atoms with Gasteiger partial charge < -0.3 is 10.2 Å². The summed E-state index contributed by atoms with van der Waals surface area (Å²) in [6, 6.07) is 6.41. The van der Waals surface area contributed by atoms with E-state index in [2.05, 4.69) is 35.0 Å². The van der Waals surface area contributed by atoms with Gasteiger partial charge >= 0.3 is 0 Å². The molecule has 0 saturated carbocycles. The molecule has 0 spiro atoms. The van der Waals surface area contributed by atoms with Crippen molar-refractivity contribution in [2.24, 2.45) is 5.92 Å². The summed E-state index contributed by atoms with van der Waals surface area (Å²) in [5.74, 6) is 0.248. The molecule has 0 aliphatic carbocycles. The van der Waals surface area contributed by atoms with Gasteiger partial charge in [0, 0.05) is 31.1 Å². The summed E-state index contributed by atoms with van der Waals surface area (Å²) in [5, 5.41) is 13.9. The summed E-state index contributed by atoms with van der Waals surface area (Å²) in [6.45, 7) is 16.7. The Hall–Kier alpha value is -1.40. The van der Waals surface area contributed by atoms with Crippen LogP contribution in [-0.4, -0.2) is 37.6 Å². The van der Waals surface area contributed by atoms with Crippen molar-refractivity contribution >= 4 is 16.3 Å². The van der Waals surface area contributed by atoms with E-state index >= 15 is 0 Å². The van der Waals surface area contributed by atoms with Gasteiger partial charge in [0.15, 0.2) is 0 Å². The molecule has 22 heavy (non-hydrogen) atoms. The van der Waals surface area contributed by atoms with Crippen molar-refractivity contribution in [1.29, 1.82) is 5.26 Å². The number of hydrogen-bond acceptors (Lipinski definition) is 4. The molecule has 1 aromatic heterocycles.